The van der Waals surface area contributed by atoms with Gasteiger partial charge in [-0.15, -0.1) is 0 Å². The number of ether oxygens (including phenoxy) is 2. The van der Waals surface area contributed by atoms with Crippen LogP contribution < -0.4 is 9.47 Å². The summed E-state index contributed by atoms with van der Waals surface area (Å²) in [5.41, 5.74) is 1.24. The lowest BCUT2D eigenvalue weighted by atomic mass is 10.1. The molecule has 0 aliphatic carbocycles. The van der Waals surface area contributed by atoms with Gasteiger partial charge in [0.15, 0.2) is 17.3 Å². The van der Waals surface area contributed by atoms with Crippen LogP contribution in [0.1, 0.15) is 18.1 Å². The normalized spacial score (nSPS) is 17.5. The van der Waals surface area contributed by atoms with E-state index in [9.17, 15) is 9.18 Å². The van der Waals surface area contributed by atoms with Crippen LogP contribution in [0.15, 0.2) is 48.8 Å². The van der Waals surface area contributed by atoms with Gasteiger partial charge in [-0.05, 0) is 35.9 Å². The molecule has 6 nitrogen and oxygen atoms in total. The fraction of sp³-hybridized carbons (Fsp3) is 0.150. The van der Waals surface area contributed by atoms with Crippen LogP contribution in [0.2, 0.25) is 5.02 Å². The van der Waals surface area contributed by atoms with Gasteiger partial charge in [-0.3, -0.25) is 4.79 Å². The zero-order chi connectivity index (χ0) is 19.9. The van der Waals surface area contributed by atoms with Gasteiger partial charge in [0.05, 0.1) is 17.5 Å². The number of benzene rings is 2. The summed E-state index contributed by atoms with van der Waals surface area (Å²) < 4.78 is 26.3. The van der Waals surface area contributed by atoms with E-state index in [1.165, 1.54) is 24.5 Å². The van der Waals surface area contributed by atoms with E-state index in [4.69, 9.17) is 26.2 Å². The average Bonchev–Trinajstić information content (AvgIpc) is 2.98. The molecule has 0 bridgehead atoms. The van der Waals surface area contributed by atoms with E-state index in [2.05, 4.69) is 9.97 Å². The van der Waals surface area contributed by atoms with E-state index >= 15 is 0 Å². The number of carboxylic acids is 1. The number of fused-ring (bicyclic) bond motifs is 1. The standard InChI is InChI=1S/C20H14ClFN2O4/c1-20(14-6-5-12(21)8-15(14)22)27-16-4-2-3-13(18(16)28-20)19-23-9-11(10-24-19)7-17(25)26/h2-6,8-10H,7H2,1H3,(H,25,26). The Kier molecular flexibility index (Phi) is 4.39. The average molecular weight is 401 g/mol. The highest BCUT2D eigenvalue weighted by Crippen LogP contribution is 2.48. The Labute approximate surface area is 164 Å². The van der Waals surface area contributed by atoms with Crippen LogP contribution in [-0.2, 0) is 17.0 Å². The quantitative estimate of drug-likeness (QED) is 0.706. The maximum Gasteiger partial charge on any atom is 0.307 e. The first kappa shape index (κ1) is 18.2. The molecule has 28 heavy (non-hydrogen) atoms. The SMILES string of the molecule is CC1(c2ccc(Cl)cc2F)Oc2cccc(-c3ncc(CC(=O)O)cn3)c2O1. The number of carbonyl (C=O) groups is 1. The van der Waals surface area contributed by atoms with Crippen LogP contribution in [-0.4, -0.2) is 21.0 Å². The molecule has 1 aliphatic heterocycles. The van der Waals surface area contributed by atoms with E-state index in [0.717, 1.165) is 0 Å². The minimum absolute atomic E-state index is 0.166. The largest absolute Gasteiger partial charge is 0.481 e. The third-order valence-electron chi connectivity index (χ3n) is 4.30. The van der Waals surface area contributed by atoms with Gasteiger partial charge in [-0.2, -0.15) is 0 Å². The smallest absolute Gasteiger partial charge is 0.307 e. The van der Waals surface area contributed by atoms with Crippen LogP contribution >= 0.6 is 11.6 Å². The van der Waals surface area contributed by atoms with Crippen molar-refractivity contribution in [2.45, 2.75) is 19.1 Å². The fourth-order valence-electron chi connectivity index (χ4n) is 3.03. The first-order valence-electron chi connectivity index (χ1n) is 8.35. The number of hydrogen-bond donors (Lipinski definition) is 1. The molecule has 0 radical (unpaired) electrons. The number of nitrogens with zero attached hydrogens (tertiary/aromatic N) is 2. The third kappa shape index (κ3) is 3.25. The van der Waals surface area contributed by atoms with Crippen molar-refractivity contribution in [1.82, 2.24) is 9.97 Å². The Morgan fingerprint density at radius 1 is 1.21 bits per heavy atom. The molecular weight excluding hydrogens is 387 g/mol. The highest BCUT2D eigenvalue weighted by molar-refractivity contribution is 6.30. The zero-order valence-corrected chi connectivity index (χ0v) is 15.4. The number of halogens is 2. The molecular formula is C20H14ClFN2O4. The van der Waals surface area contributed by atoms with Crippen LogP contribution in [0.4, 0.5) is 4.39 Å². The summed E-state index contributed by atoms with van der Waals surface area (Å²) in [4.78, 5) is 19.3. The molecule has 2 heterocycles. The predicted octanol–water partition coefficient (Wildman–Crippen LogP) is 4.21. The van der Waals surface area contributed by atoms with E-state index in [1.807, 2.05) is 0 Å². The number of aliphatic carboxylic acids is 1. The van der Waals surface area contributed by atoms with Crippen molar-refractivity contribution in [3.05, 3.63) is 70.8 Å². The minimum Gasteiger partial charge on any atom is -0.481 e. The fourth-order valence-corrected chi connectivity index (χ4v) is 3.19. The van der Waals surface area contributed by atoms with Crippen molar-refractivity contribution in [2.24, 2.45) is 0 Å². The molecule has 0 saturated carbocycles. The Bertz CT molecular complexity index is 1070. The van der Waals surface area contributed by atoms with Gasteiger partial charge in [-0.1, -0.05) is 17.7 Å². The molecule has 8 heteroatoms. The molecule has 1 aliphatic rings. The van der Waals surface area contributed by atoms with E-state index < -0.39 is 17.6 Å². The first-order valence-corrected chi connectivity index (χ1v) is 8.73. The maximum absolute atomic E-state index is 14.4. The van der Waals surface area contributed by atoms with E-state index in [-0.39, 0.29) is 17.0 Å². The molecule has 4 rings (SSSR count). The maximum atomic E-state index is 14.4. The molecule has 2 aromatic carbocycles. The molecule has 0 fully saturated rings. The summed E-state index contributed by atoms with van der Waals surface area (Å²) in [6, 6.07) is 9.47. The van der Waals surface area contributed by atoms with Gasteiger partial charge >= 0.3 is 5.97 Å². The van der Waals surface area contributed by atoms with E-state index in [0.29, 0.717) is 28.5 Å². The highest BCUT2D eigenvalue weighted by Gasteiger charge is 2.42. The number of hydrogen-bond acceptors (Lipinski definition) is 5. The minimum atomic E-state index is -1.38. The van der Waals surface area contributed by atoms with Crippen molar-refractivity contribution in [1.29, 1.82) is 0 Å². The number of carboxylic acid groups (broad SMARTS) is 1. The van der Waals surface area contributed by atoms with Crippen LogP contribution in [0.5, 0.6) is 11.5 Å². The van der Waals surface area contributed by atoms with Crippen LogP contribution in [0.3, 0.4) is 0 Å². The zero-order valence-electron chi connectivity index (χ0n) is 14.6. The summed E-state index contributed by atoms with van der Waals surface area (Å²) in [5, 5.41) is 9.13. The third-order valence-corrected chi connectivity index (χ3v) is 4.54. The molecule has 0 saturated heterocycles. The van der Waals surface area contributed by atoms with Gasteiger partial charge in [0, 0.05) is 24.3 Å². The Balaban J connectivity index is 1.70. The Morgan fingerprint density at radius 3 is 2.64 bits per heavy atom. The molecule has 0 spiro atoms. The lowest BCUT2D eigenvalue weighted by molar-refractivity contribution is -0.136. The summed E-state index contributed by atoms with van der Waals surface area (Å²) in [7, 11) is 0. The van der Waals surface area contributed by atoms with Gasteiger partial charge < -0.3 is 14.6 Å². The Morgan fingerprint density at radius 2 is 1.96 bits per heavy atom. The summed E-state index contributed by atoms with van der Waals surface area (Å²) in [6.45, 7) is 1.61. The monoisotopic (exact) mass is 400 g/mol. The second-order valence-electron chi connectivity index (χ2n) is 6.39. The summed E-state index contributed by atoms with van der Waals surface area (Å²) >= 11 is 5.83. The second-order valence-corrected chi connectivity index (χ2v) is 6.83. The van der Waals surface area contributed by atoms with Gasteiger partial charge in [-0.25, -0.2) is 14.4 Å². The molecule has 0 amide bonds. The lowest BCUT2D eigenvalue weighted by Gasteiger charge is -2.24. The predicted molar refractivity (Wildman–Crippen MR) is 98.8 cm³/mol. The topological polar surface area (TPSA) is 81.5 Å². The van der Waals surface area contributed by atoms with Gasteiger partial charge in [0.1, 0.15) is 5.82 Å². The number of aromatic nitrogens is 2. The number of rotatable bonds is 4. The van der Waals surface area contributed by atoms with Crippen molar-refractivity contribution in [3.8, 4) is 22.9 Å². The van der Waals surface area contributed by atoms with Crippen LogP contribution in [0.25, 0.3) is 11.4 Å². The van der Waals surface area contributed by atoms with Crippen LogP contribution in [0, 0.1) is 5.82 Å². The molecule has 1 atom stereocenters. The first-order chi connectivity index (χ1) is 13.4. The highest BCUT2D eigenvalue weighted by atomic mass is 35.5. The van der Waals surface area contributed by atoms with Crippen molar-refractivity contribution < 1.29 is 23.8 Å². The molecule has 1 N–H and O–H groups in total. The van der Waals surface area contributed by atoms with E-state index in [1.54, 1.807) is 31.2 Å². The van der Waals surface area contributed by atoms with Gasteiger partial charge in [0.2, 0.25) is 0 Å². The summed E-state index contributed by atoms with van der Waals surface area (Å²) in [5.74, 6) is -1.74. The van der Waals surface area contributed by atoms with Crippen molar-refractivity contribution in [3.63, 3.8) is 0 Å². The Hall–Kier alpha value is -3.19. The summed E-state index contributed by atoms with van der Waals surface area (Å²) in [6.07, 6.45) is 2.73. The van der Waals surface area contributed by atoms with Crippen molar-refractivity contribution >= 4 is 17.6 Å². The molecule has 3 aromatic rings. The molecule has 1 unspecified atom stereocenters. The lowest BCUT2D eigenvalue weighted by Crippen LogP contribution is -2.32. The van der Waals surface area contributed by atoms with Crippen molar-refractivity contribution in [2.75, 3.05) is 0 Å². The number of para-hydroxylation sites is 1. The second kappa shape index (κ2) is 6.76. The van der Waals surface area contributed by atoms with Gasteiger partial charge in [0.25, 0.3) is 5.79 Å². The molecule has 142 valence electrons. The molecule has 1 aromatic heterocycles.